The normalized spacial score (nSPS) is 20.6. The fourth-order valence-corrected chi connectivity index (χ4v) is 10.0. The number of morpholine rings is 1. The van der Waals surface area contributed by atoms with Crippen LogP contribution in [0.4, 0.5) is 21.6 Å². The molecular formula is C30H29FN7O3P. The van der Waals surface area contributed by atoms with Crippen LogP contribution >= 0.6 is 7.36 Å². The molecule has 0 N–H and O–H groups in total. The first kappa shape index (κ1) is 26.7. The van der Waals surface area contributed by atoms with Crippen molar-refractivity contribution in [3.63, 3.8) is 0 Å². The summed E-state index contributed by atoms with van der Waals surface area (Å²) >= 11 is 0. The predicted octanol–water partition coefficient (Wildman–Crippen LogP) is 6.10. The number of fused-ring (bicyclic) bond motifs is 1. The number of non-ortho nitro benzene ring substituents is 1. The second-order valence-corrected chi connectivity index (χ2v) is 13.3. The molecule has 2 fully saturated rings. The van der Waals surface area contributed by atoms with Gasteiger partial charge in [-0.25, -0.2) is 23.5 Å². The van der Waals surface area contributed by atoms with Crippen molar-refractivity contribution in [3.8, 4) is 5.69 Å². The third kappa shape index (κ3) is 4.45. The van der Waals surface area contributed by atoms with E-state index in [2.05, 4.69) is 9.34 Å². The quantitative estimate of drug-likeness (QED) is 0.154. The lowest BCUT2D eigenvalue weighted by Gasteiger charge is -2.48. The molecule has 0 amide bonds. The molecule has 2 aliphatic heterocycles. The van der Waals surface area contributed by atoms with E-state index in [1.165, 1.54) is 18.2 Å². The Balaban J connectivity index is 1.61. The van der Waals surface area contributed by atoms with Crippen LogP contribution in [0.1, 0.15) is 24.1 Å². The van der Waals surface area contributed by atoms with Gasteiger partial charge >= 0.3 is 0 Å². The van der Waals surface area contributed by atoms with E-state index in [1.54, 1.807) is 24.3 Å². The fourth-order valence-electron chi connectivity index (χ4n) is 5.75. The Morgan fingerprint density at radius 3 is 2.48 bits per heavy atom. The van der Waals surface area contributed by atoms with Crippen LogP contribution < -0.4 is 5.30 Å². The Hall–Kier alpha value is -4.18. The molecule has 12 heteroatoms. The molecule has 3 aliphatic rings. The Labute approximate surface area is 242 Å². The summed E-state index contributed by atoms with van der Waals surface area (Å²) in [6, 6.07) is 23.0. The van der Waals surface area contributed by atoms with Crippen molar-refractivity contribution < 1.29 is 14.1 Å². The van der Waals surface area contributed by atoms with Crippen LogP contribution in [-0.2, 0) is 4.74 Å². The molecule has 214 valence electrons. The number of aliphatic imine (C=N–C) groups is 1. The maximum absolute atomic E-state index is 15.6. The summed E-state index contributed by atoms with van der Waals surface area (Å²) in [4.78, 5) is 16.5. The highest BCUT2D eigenvalue weighted by atomic mass is 31.2. The Kier molecular flexibility index (Phi) is 6.73. The minimum atomic E-state index is -3.00. The fraction of sp³-hybridized carbons (Fsp3) is 0.267. The molecular weight excluding hydrogens is 556 g/mol. The van der Waals surface area contributed by atoms with E-state index in [0.717, 1.165) is 29.5 Å². The molecule has 3 heterocycles. The van der Waals surface area contributed by atoms with Crippen LogP contribution in [0, 0.1) is 22.9 Å². The highest BCUT2D eigenvalue weighted by molar-refractivity contribution is 7.70. The zero-order valence-electron chi connectivity index (χ0n) is 23.0. The monoisotopic (exact) mass is 585 g/mol. The van der Waals surface area contributed by atoms with Crippen LogP contribution in [0.2, 0.25) is 0 Å². The predicted molar refractivity (Wildman–Crippen MR) is 160 cm³/mol. The van der Waals surface area contributed by atoms with Gasteiger partial charge in [0, 0.05) is 31.3 Å². The number of hydrogen-bond donors (Lipinski definition) is 0. The van der Waals surface area contributed by atoms with Gasteiger partial charge in [0.1, 0.15) is 11.7 Å². The molecule has 42 heavy (non-hydrogen) atoms. The lowest BCUT2D eigenvalue weighted by atomic mass is 10.2. The van der Waals surface area contributed by atoms with Crippen LogP contribution in [0.15, 0.2) is 88.6 Å². The van der Waals surface area contributed by atoms with E-state index in [1.807, 2.05) is 48.0 Å². The van der Waals surface area contributed by atoms with E-state index < -0.39 is 12.3 Å². The van der Waals surface area contributed by atoms with Gasteiger partial charge in [0.25, 0.3) is 5.69 Å². The highest BCUT2D eigenvalue weighted by Crippen LogP contribution is 2.65. The average Bonchev–Trinajstić information content (AvgIpc) is 3.80. The number of nitrogens with zero attached hydrogens (tertiary/aromatic N) is 7. The third-order valence-electron chi connectivity index (χ3n) is 7.72. The van der Waals surface area contributed by atoms with Crippen LogP contribution in [0.5, 0.6) is 0 Å². The van der Waals surface area contributed by atoms with Crippen molar-refractivity contribution >= 4 is 35.7 Å². The summed E-state index contributed by atoms with van der Waals surface area (Å²) in [6.45, 7) is 4.17. The molecule has 1 atom stereocenters. The molecule has 1 aromatic heterocycles. The number of para-hydroxylation sites is 1. The summed E-state index contributed by atoms with van der Waals surface area (Å²) < 4.78 is 33.3. The molecule has 0 unspecified atom stereocenters. The number of amidine groups is 1. The lowest BCUT2D eigenvalue weighted by Crippen LogP contribution is -2.48. The van der Waals surface area contributed by atoms with Gasteiger partial charge in [-0.05, 0) is 50.1 Å². The van der Waals surface area contributed by atoms with Crippen molar-refractivity contribution in [3.05, 3.63) is 106 Å². The summed E-state index contributed by atoms with van der Waals surface area (Å²) in [7, 11) is -3.00. The highest BCUT2D eigenvalue weighted by Gasteiger charge is 2.52. The summed E-state index contributed by atoms with van der Waals surface area (Å²) in [5.41, 5.74) is 2.44. The zero-order valence-corrected chi connectivity index (χ0v) is 23.9. The van der Waals surface area contributed by atoms with E-state index >= 15 is 4.39 Å². The topological polar surface area (TPSA) is 101 Å². The number of hydrogen-bond acceptors (Lipinski definition) is 6. The number of nitro groups is 1. The molecule has 0 spiro atoms. The van der Waals surface area contributed by atoms with Gasteiger partial charge in [-0.15, -0.1) is 0 Å². The Morgan fingerprint density at radius 1 is 1.02 bits per heavy atom. The number of aromatic nitrogens is 2. The zero-order chi connectivity index (χ0) is 28.8. The number of benzene rings is 3. The SMILES string of the molecule is Cc1nn(-c2ccccc2)c2c1[P@@](=Nc1cccc([N+](=O)[O-])c1)(N1CCOCC1)N(C1CC1)C(c1ccccc1F)=N2. The van der Waals surface area contributed by atoms with E-state index in [0.29, 0.717) is 49.2 Å². The van der Waals surface area contributed by atoms with Crippen LogP contribution in [0.25, 0.3) is 5.69 Å². The number of halogens is 1. The largest absolute Gasteiger partial charge is 0.379 e. The van der Waals surface area contributed by atoms with Gasteiger partial charge < -0.3 is 9.41 Å². The van der Waals surface area contributed by atoms with Crippen molar-refractivity contribution in [2.24, 2.45) is 9.74 Å². The molecule has 10 nitrogen and oxygen atoms in total. The summed E-state index contributed by atoms with van der Waals surface area (Å²) in [5.74, 6) is 0.736. The van der Waals surface area contributed by atoms with Gasteiger partial charge in [0.2, 0.25) is 0 Å². The van der Waals surface area contributed by atoms with Gasteiger partial charge in [-0.2, -0.15) is 5.10 Å². The third-order valence-corrected chi connectivity index (χ3v) is 11.7. The van der Waals surface area contributed by atoms with E-state index in [-0.39, 0.29) is 17.5 Å². The average molecular weight is 586 g/mol. The standard InChI is InChI=1S/C30H29FN7O3P/c1-21-28-30(36(33-21)23-9-3-2-4-10-23)32-29(26-12-5-6-13-27(26)31)37(24-14-15-24)42(28,35-16-18-41-19-17-35)34-22-8-7-11-25(20-22)38(39)40/h2-13,20,24H,14-19H2,1H3/t42-/m1/s1. The molecule has 4 aromatic rings. The van der Waals surface area contributed by atoms with Crippen LogP contribution in [0.3, 0.4) is 0 Å². The minimum absolute atomic E-state index is 0.0359. The van der Waals surface area contributed by atoms with E-state index in [9.17, 15) is 10.1 Å². The molecule has 1 saturated heterocycles. The van der Waals surface area contributed by atoms with Crippen molar-refractivity contribution in [1.29, 1.82) is 0 Å². The van der Waals surface area contributed by atoms with Gasteiger partial charge in [0.15, 0.2) is 13.2 Å². The molecule has 7 rings (SSSR count). The number of nitro benzene ring substituents is 1. The number of rotatable bonds is 6. The minimum Gasteiger partial charge on any atom is -0.379 e. The lowest BCUT2D eigenvalue weighted by molar-refractivity contribution is -0.384. The van der Waals surface area contributed by atoms with Gasteiger partial charge in [0.05, 0.1) is 46.1 Å². The first-order valence-electron chi connectivity index (χ1n) is 14.0. The van der Waals surface area contributed by atoms with Crippen molar-refractivity contribution in [2.75, 3.05) is 26.3 Å². The first-order valence-corrected chi connectivity index (χ1v) is 15.6. The molecule has 3 aromatic carbocycles. The van der Waals surface area contributed by atoms with Gasteiger partial charge in [-0.1, -0.05) is 36.4 Å². The molecule has 1 saturated carbocycles. The van der Waals surface area contributed by atoms with Crippen molar-refractivity contribution in [1.82, 2.24) is 19.1 Å². The summed E-state index contributed by atoms with van der Waals surface area (Å²) in [6.07, 6.45) is 1.82. The molecule has 0 bridgehead atoms. The first-order chi connectivity index (χ1) is 20.5. The smallest absolute Gasteiger partial charge is 0.271 e. The number of aryl methyl sites for hydroxylation is 1. The maximum atomic E-state index is 15.6. The second kappa shape index (κ2) is 10.6. The summed E-state index contributed by atoms with van der Waals surface area (Å²) in [5, 5.41) is 17.6. The van der Waals surface area contributed by atoms with Gasteiger partial charge in [-0.3, -0.25) is 10.1 Å². The number of ether oxygens (including phenoxy) is 1. The Morgan fingerprint density at radius 2 is 1.76 bits per heavy atom. The Bertz CT molecular complexity index is 1760. The van der Waals surface area contributed by atoms with Crippen LogP contribution in [-0.4, -0.2) is 62.2 Å². The maximum Gasteiger partial charge on any atom is 0.271 e. The second-order valence-electron chi connectivity index (χ2n) is 10.5. The van der Waals surface area contributed by atoms with E-state index in [4.69, 9.17) is 19.6 Å². The van der Waals surface area contributed by atoms with Crippen molar-refractivity contribution in [2.45, 2.75) is 25.8 Å². The molecule has 0 radical (unpaired) electrons. The molecule has 1 aliphatic carbocycles.